The molecule has 0 bridgehead atoms. The number of rotatable bonds is 4. The Morgan fingerprint density at radius 2 is 2.29 bits per heavy atom. The molecule has 2 aromatic heterocycles. The smallest absolute Gasteiger partial charge is 0.325 e. The molecule has 2 heterocycles. The molecule has 0 saturated carbocycles. The number of aromatic nitrogens is 3. The predicted octanol–water partition coefficient (Wildman–Crippen LogP) is 1.06. The first-order valence-corrected chi connectivity index (χ1v) is 5.08. The Kier molecular flexibility index (Phi) is 3.34. The molecule has 0 amide bonds. The summed E-state index contributed by atoms with van der Waals surface area (Å²) >= 11 is 0. The fraction of sp³-hybridized carbons (Fsp3) is 0.182. The Morgan fingerprint density at radius 3 is 2.88 bits per heavy atom. The van der Waals surface area contributed by atoms with E-state index in [0.29, 0.717) is 5.82 Å². The van der Waals surface area contributed by atoms with Gasteiger partial charge in [-0.15, -0.1) is 10.2 Å². The molecule has 0 fully saturated rings. The van der Waals surface area contributed by atoms with Gasteiger partial charge in [0.15, 0.2) is 0 Å². The van der Waals surface area contributed by atoms with Gasteiger partial charge in [-0.05, 0) is 24.3 Å². The van der Waals surface area contributed by atoms with Gasteiger partial charge in [0.05, 0.1) is 12.8 Å². The van der Waals surface area contributed by atoms with Gasteiger partial charge in [-0.25, -0.2) is 0 Å². The summed E-state index contributed by atoms with van der Waals surface area (Å²) in [6, 6.07) is 7.37. The summed E-state index contributed by atoms with van der Waals surface area (Å²) in [6.45, 7) is 0.0764. The van der Waals surface area contributed by atoms with Gasteiger partial charge in [0.25, 0.3) is 0 Å². The highest BCUT2D eigenvalue weighted by Gasteiger charge is 2.03. The molecule has 6 nitrogen and oxygen atoms in total. The molecular formula is C11H12N4O2. The first-order valence-electron chi connectivity index (χ1n) is 5.08. The van der Waals surface area contributed by atoms with Crippen LogP contribution in [0.1, 0.15) is 0 Å². The number of nitrogens with one attached hydrogen (secondary N) is 2. The average Bonchev–Trinajstić information content (AvgIpc) is 2.90. The van der Waals surface area contributed by atoms with Gasteiger partial charge in [-0.3, -0.25) is 4.79 Å². The topological polar surface area (TPSA) is 79.9 Å². The lowest BCUT2D eigenvalue weighted by molar-refractivity contribution is -0.138. The lowest BCUT2D eigenvalue weighted by Gasteiger charge is -2.03. The van der Waals surface area contributed by atoms with E-state index in [4.69, 9.17) is 0 Å². The number of carbonyl (C=O) groups excluding carboxylic acids is 1. The summed E-state index contributed by atoms with van der Waals surface area (Å²) in [5.74, 6) is 0.186. The third-order valence-corrected chi connectivity index (χ3v) is 2.18. The Balaban J connectivity index is 2.01. The van der Waals surface area contributed by atoms with Gasteiger partial charge in [0, 0.05) is 6.20 Å². The van der Waals surface area contributed by atoms with Crippen LogP contribution in [0, 0.1) is 0 Å². The lowest BCUT2D eigenvalue weighted by Crippen LogP contribution is -2.15. The Morgan fingerprint density at radius 1 is 1.41 bits per heavy atom. The second-order valence-corrected chi connectivity index (χ2v) is 3.32. The first-order chi connectivity index (χ1) is 8.29. The van der Waals surface area contributed by atoms with Gasteiger partial charge in [0.2, 0.25) is 0 Å². The van der Waals surface area contributed by atoms with Crippen molar-refractivity contribution >= 4 is 11.8 Å². The van der Waals surface area contributed by atoms with Crippen LogP contribution < -0.4 is 5.32 Å². The first kappa shape index (κ1) is 11.1. The number of hydrogen-bond acceptors (Lipinski definition) is 5. The Labute approximate surface area is 98.0 Å². The zero-order chi connectivity index (χ0) is 12.1. The van der Waals surface area contributed by atoms with Crippen LogP contribution in [0.25, 0.3) is 11.4 Å². The number of hydrogen-bond donors (Lipinski definition) is 2. The molecule has 2 aromatic rings. The molecule has 0 aliphatic heterocycles. The second kappa shape index (κ2) is 5.11. The number of esters is 1. The van der Waals surface area contributed by atoms with E-state index in [2.05, 4.69) is 25.2 Å². The number of carbonyl (C=O) groups is 1. The van der Waals surface area contributed by atoms with Crippen molar-refractivity contribution in [3.05, 3.63) is 30.5 Å². The van der Waals surface area contributed by atoms with Crippen molar-refractivity contribution in [1.29, 1.82) is 0 Å². The lowest BCUT2D eigenvalue weighted by atomic mass is 10.3. The molecule has 0 saturated heterocycles. The van der Waals surface area contributed by atoms with E-state index in [1.807, 2.05) is 24.4 Å². The third kappa shape index (κ3) is 2.81. The standard InChI is InChI=1S/C11H12N4O2/c1-17-11(16)7-13-10-5-4-9(14-15-10)8-3-2-6-12-8/h2-6,12H,7H2,1H3,(H,13,15). The highest BCUT2D eigenvalue weighted by Crippen LogP contribution is 2.13. The van der Waals surface area contributed by atoms with Gasteiger partial charge in [-0.1, -0.05) is 0 Å². The maximum Gasteiger partial charge on any atom is 0.325 e. The minimum atomic E-state index is -0.347. The predicted molar refractivity (Wildman–Crippen MR) is 62.3 cm³/mol. The van der Waals surface area contributed by atoms with E-state index in [0.717, 1.165) is 11.4 Å². The summed E-state index contributed by atoms with van der Waals surface area (Å²) in [7, 11) is 1.34. The zero-order valence-electron chi connectivity index (χ0n) is 9.30. The summed E-state index contributed by atoms with van der Waals surface area (Å²) in [5, 5.41) is 10.8. The van der Waals surface area contributed by atoms with Crippen LogP contribution in [-0.4, -0.2) is 34.8 Å². The van der Waals surface area contributed by atoms with Gasteiger partial charge in [0.1, 0.15) is 18.1 Å². The summed E-state index contributed by atoms with van der Waals surface area (Å²) in [6.07, 6.45) is 1.82. The third-order valence-electron chi connectivity index (χ3n) is 2.18. The van der Waals surface area contributed by atoms with Crippen LogP contribution >= 0.6 is 0 Å². The number of nitrogens with zero attached hydrogens (tertiary/aromatic N) is 2. The number of H-pyrrole nitrogens is 1. The quantitative estimate of drug-likeness (QED) is 0.770. The summed E-state index contributed by atoms with van der Waals surface area (Å²) in [4.78, 5) is 13.9. The number of methoxy groups -OCH3 is 1. The van der Waals surface area contributed by atoms with Crippen LogP contribution in [-0.2, 0) is 9.53 Å². The van der Waals surface area contributed by atoms with Crippen molar-refractivity contribution in [2.24, 2.45) is 0 Å². The largest absolute Gasteiger partial charge is 0.468 e. The molecule has 6 heteroatoms. The highest BCUT2D eigenvalue weighted by molar-refractivity contribution is 5.74. The maximum absolute atomic E-state index is 10.9. The molecule has 0 aliphatic rings. The van der Waals surface area contributed by atoms with Gasteiger partial charge in [-0.2, -0.15) is 0 Å². The second-order valence-electron chi connectivity index (χ2n) is 3.32. The van der Waals surface area contributed by atoms with E-state index in [9.17, 15) is 4.79 Å². The average molecular weight is 232 g/mol. The molecule has 0 unspecified atom stereocenters. The van der Waals surface area contributed by atoms with Crippen molar-refractivity contribution in [3.63, 3.8) is 0 Å². The molecular weight excluding hydrogens is 220 g/mol. The van der Waals surface area contributed by atoms with Crippen LogP contribution in [0.3, 0.4) is 0 Å². The summed E-state index contributed by atoms with van der Waals surface area (Å²) < 4.78 is 4.50. The van der Waals surface area contributed by atoms with Crippen LogP contribution in [0.4, 0.5) is 5.82 Å². The van der Waals surface area contributed by atoms with E-state index >= 15 is 0 Å². The highest BCUT2D eigenvalue weighted by atomic mass is 16.5. The zero-order valence-corrected chi connectivity index (χ0v) is 9.30. The minimum Gasteiger partial charge on any atom is -0.468 e. The van der Waals surface area contributed by atoms with Crippen LogP contribution in [0.5, 0.6) is 0 Å². The van der Waals surface area contributed by atoms with E-state index < -0.39 is 0 Å². The molecule has 2 N–H and O–H groups in total. The number of aromatic amines is 1. The van der Waals surface area contributed by atoms with Crippen molar-refractivity contribution in [2.45, 2.75) is 0 Å². The fourth-order valence-corrected chi connectivity index (χ4v) is 1.29. The molecule has 17 heavy (non-hydrogen) atoms. The molecule has 2 rings (SSSR count). The monoisotopic (exact) mass is 232 g/mol. The normalized spacial score (nSPS) is 9.94. The molecule has 0 aromatic carbocycles. The minimum absolute atomic E-state index is 0.0764. The summed E-state index contributed by atoms with van der Waals surface area (Å²) in [5.41, 5.74) is 1.65. The van der Waals surface area contributed by atoms with E-state index in [-0.39, 0.29) is 12.5 Å². The molecule has 0 radical (unpaired) electrons. The molecule has 0 atom stereocenters. The fourth-order valence-electron chi connectivity index (χ4n) is 1.29. The Hall–Kier alpha value is -2.37. The maximum atomic E-state index is 10.9. The van der Waals surface area contributed by atoms with Crippen LogP contribution in [0.2, 0.25) is 0 Å². The molecule has 0 spiro atoms. The number of ether oxygens (including phenoxy) is 1. The van der Waals surface area contributed by atoms with E-state index in [1.165, 1.54) is 7.11 Å². The molecule has 88 valence electrons. The van der Waals surface area contributed by atoms with Crippen molar-refractivity contribution in [2.75, 3.05) is 19.0 Å². The van der Waals surface area contributed by atoms with Gasteiger partial charge < -0.3 is 15.0 Å². The van der Waals surface area contributed by atoms with Crippen molar-refractivity contribution in [1.82, 2.24) is 15.2 Å². The van der Waals surface area contributed by atoms with Crippen molar-refractivity contribution in [3.8, 4) is 11.4 Å². The van der Waals surface area contributed by atoms with Gasteiger partial charge >= 0.3 is 5.97 Å². The van der Waals surface area contributed by atoms with Crippen molar-refractivity contribution < 1.29 is 9.53 Å². The van der Waals surface area contributed by atoms with E-state index in [1.54, 1.807) is 6.07 Å². The van der Waals surface area contributed by atoms with Crippen LogP contribution in [0.15, 0.2) is 30.5 Å². The SMILES string of the molecule is COC(=O)CNc1ccc(-c2ccc[nH]2)nn1. The number of anilines is 1. The Bertz CT molecular complexity index is 479. The molecule has 0 aliphatic carbocycles.